The molecule has 0 aromatic carbocycles. The third kappa shape index (κ3) is 3.31. The van der Waals surface area contributed by atoms with Gasteiger partial charge in [0, 0.05) is 13.1 Å². The molecule has 2 fully saturated rings. The number of carbonyl (C=O) groups is 1. The third-order valence-electron chi connectivity index (χ3n) is 5.47. The largest absolute Gasteiger partial charge is 0.355 e. The van der Waals surface area contributed by atoms with Crippen molar-refractivity contribution in [2.75, 3.05) is 13.1 Å². The normalized spacial score (nSPS) is 32.9. The Labute approximate surface area is 117 Å². The first-order chi connectivity index (χ1) is 9.06. The molecule has 0 spiro atoms. The molecule has 0 bridgehead atoms. The van der Waals surface area contributed by atoms with Gasteiger partial charge in [-0.05, 0) is 56.3 Å². The standard InChI is InChI=1S/C16H30N2O/c1-3-6-15(9-10-15)12-18-14(19)16(11-17)7-4-13(2)5-8-16/h13H,3-12,17H2,1-2H3,(H,18,19). The average molecular weight is 266 g/mol. The molecule has 0 unspecified atom stereocenters. The topological polar surface area (TPSA) is 55.1 Å². The highest BCUT2D eigenvalue weighted by atomic mass is 16.2. The quantitative estimate of drug-likeness (QED) is 0.776. The number of carbonyl (C=O) groups excluding carboxylic acids is 1. The zero-order chi connectivity index (χ0) is 13.9. The minimum atomic E-state index is -0.269. The van der Waals surface area contributed by atoms with Gasteiger partial charge in [0.15, 0.2) is 0 Å². The molecule has 110 valence electrons. The number of nitrogens with two attached hydrogens (primary N) is 1. The van der Waals surface area contributed by atoms with E-state index in [4.69, 9.17) is 5.73 Å². The molecule has 2 rings (SSSR count). The molecule has 0 saturated heterocycles. The molecule has 0 heterocycles. The smallest absolute Gasteiger partial charge is 0.227 e. The molecule has 3 heteroatoms. The van der Waals surface area contributed by atoms with Crippen molar-refractivity contribution < 1.29 is 4.79 Å². The fourth-order valence-corrected chi connectivity index (χ4v) is 3.52. The van der Waals surface area contributed by atoms with Crippen LogP contribution in [0.4, 0.5) is 0 Å². The Morgan fingerprint density at radius 1 is 1.26 bits per heavy atom. The average Bonchev–Trinajstić information content (AvgIpc) is 3.18. The molecular formula is C16H30N2O. The van der Waals surface area contributed by atoms with Crippen molar-refractivity contribution in [2.24, 2.45) is 22.5 Å². The van der Waals surface area contributed by atoms with E-state index in [0.29, 0.717) is 12.0 Å². The van der Waals surface area contributed by atoms with Crippen molar-refractivity contribution in [3.05, 3.63) is 0 Å². The van der Waals surface area contributed by atoms with Crippen LogP contribution in [-0.2, 0) is 4.79 Å². The van der Waals surface area contributed by atoms with Crippen molar-refractivity contribution in [2.45, 2.75) is 65.2 Å². The van der Waals surface area contributed by atoms with Crippen molar-refractivity contribution in [1.29, 1.82) is 0 Å². The Morgan fingerprint density at radius 2 is 1.89 bits per heavy atom. The van der Waals surface area contributed by atoms with Gasteiger partial charge >= 0.3 is 0 Å². The SMILES string of the molecule is CCCC1(CNC(=O)C2(CN)CCC(C)CC2)CC1. The summed E-state index contributed by atoms with van der Waals surface area (Å²) in [6.45, 7) is 5.88. The van der Waals surface area contributed by atoms with Crippen LogP contribution in [0.25, 0.3) is 0 Å². The zero-order valence-electron chi connectivity index (χ0n) is 12.6. The number of nitrogens with one attached hydrogen (secondary N) is 1. The molecule has 3 N–H and O–H groups in total. The molecule has 1 amide bonds. The highest BCUT2D eigenvalue weighted by Gasteiger charge is 2.44. The lowest BCUT2D eigenvalue weighted by Gasteiger charge is -2.37. The van der Waals surface area contributed by atoms with Gasteiger partial charge in [0.25, 0.3) is 0 Å². The van der Waals surface area contributed by atoms with E-state index in [0.717, 1.165) is 38.1 Å². The van der Waals surface area contributed by atoms with Gasteiger partial charge < -0.3 is 11.1 Å². The van der Waals surface area contributed by atoms with Crippen LogP contribution in [0.3, 0.4) is 0 Å². The van der Waals surface area contributed by atoms with Gasteiger partial charge in [0.05, 0.1) is 5.41 Å². The third-order valence-corrected chi connectivity index (χ3v) is 5.47. The van der Waals surface area contributed by atoms with Crippen molar-refractivity contribution >= 4 is 5.91 Å². The van der Waals surface area contributed by atoms with Crippen molar-refractivity contribution in [1.82, 2.24) is 5.32 Å². The van der Waals surface area contributed by atoms with E-state index >= 15 is 0 Å². The van der Waals surface area contributed by atoms with Crippen LogP contribution in [0, 0.1) is 16.7 Å². The van der Waals surface area contributed by atoms with Gasteiger partial charge in [-0.1, -0.05) is 20.3 Å². The highest BCUT2D eigenvalue weighted by molar-refractivity contribution is 5.83. The van der Waals surface area contributed by atoms with Crippen LogP contribution >= 0.6 is 0 Å². The van der Waals surface area contributed by atoms with E-state index in [2.05, 4.69) is 19.2 Å². The molecule has 0 aromatic rings. The second-order valence-corrected chi connectivity index (χ2v) is 7.10. The molecule has 2 saturated carbocycles. The summed E-state index contributed by atoms with van der Waals surface area (Å²) in [6, 6.07) is 0. The molecule has 2 aliphatic carbocycles. The maximum atomic E-state index is 12.5. The van der Waals surface area contributed by atoms with Gasteiger partial charge in [-0.15, -0.1) is 0 Å². The van der Waals surface area contributed by atoms with E-state index in [1.54, 1.807) is 0 Å². The van der Waals surface area contributed by atoms with E-state index in [-0.39, 0.29) is 11.3 Å². The number of hydrogen-bond acceptors (Lipinski definition) is 2. The molecule has 19 heavy (non-hydrogen) atoms. The van der Waals surface area contributed by atoms with Crippen LogP contribution in [0.2, 0.25) is 0 Å². The van der Waals surface area contributed by atoms with E-state index < -0.39 is 0 Å². The highest BCUT2D eigenvalue weighted by Crippen LogP contribution is 2.49. The second-order valence-electron chi connectivity index (χ2n) is 7.10. The lowest BCUT2D eigenvalue weighted by Crippen LogP contribution is -2.49. The Kier molecular flexibility index (Phi) is 4.54. The lowest BCUT2D eigenvalue weighted by molar-refractivity contribution is -0.133. The summed E-state index contributed by atoms with van der Waals surface area (Å²) in [5.74, 6) is 0.978. The van der Waals surface area contributed by atoms with E-state index in [9.17, 15) is 4.79 Å². The molecule has 0 atom stereocenters. The molecule has 2 aliphatic rings. The van der Waals surface area contributed by atoms with Gasteiger partial charge in [-0.3, -0.25) is 4.79 Å². The van der Waals surface area contributed by atoms with Crippen LogP contribution in [-0.4, -0.2) is 19.0 Å². The molecule has 0 aromatic heterocycles. The Bertz CT molecular complexity index is 315. The number of rotatable bonds is 6. The molecule has 0 radical (unpaired) electrons. The van der Waals surface area contributed by atoms with E-state index in [1.165, 1.54) is 25.7 Å². The first kappa shape index (κ1) is 14.8. The molecular weight excluding hydrogens is 236 g/mol. The summed E-state index contributed by atoms with van der Waals surface area (Å²) in [7, 11) is 0. The molecule has 0 aliphatic heterocycles. The summed E-state index contributed by atoms with van der Waals surface area (Å²) in [5, 5.41) is 3.23. The minimum Gasteiger partial charge on any atom is -0.355 e. The molecule has 3 nitrogen and oxygen atoms in total. The van der Waals surface area contributed by atoms with Crippen LogP contribution in [0.15, 0.2) is 0 Å². The maximum absolute atomic E-state index is 12.5. The Balaban J connectivity index is 1.87. The van der Waals surface area contributed by atoms with Crippen molar-refractivity contribution in [3.8, 4) is 0 Å². The summed E-state index contributed by atoms with van der Waals surface area (Å²) in [6.07, 6.45) is 9.26. The minimum absolute atomic E-state index is 0.226. The fourth-order valence-electron chi connectivity index (χ4n) is 3.52. The van der Waals surface area contributed by atoms with Gasteiger partial charge in [0.1, 0.15) is 0 Å². The Hall–Kier alpha value is -0.570. The summed E-state index contributed by atoms with van der Waals surface area (Å²) < 4.78 is 0. The predicted octanol–water partition coefficient (Wildman–Crippen LogP) is 2.84. The Morgan fingerprint density at radius 3 is 2.37 bits per heavy atom. The first-order valence-corrected chi connectivity index (χ1v) is 8.04. The maximum Gasteiger partial charge on any atom is 0.227 e. The summed E-state index contributed by atoms with van der Waals surface area (Å²) in [5.41, 5.74) is 6.10. The van der Waals surface area contributed by atoms with Crippen LogP contribution in [0.1, 0.15) is 65.2 Å². The van der Waals surface area contributed by atoms with Crippen LogP contribution in [0.5, 0.6) is 0 Å². The fraction of sp³-hybridized carbons (Fsp3) is 0.938. The first-order valence-electron chi connectivity index (χ1n) is 8.04. The monoisotopic (exact) mass is 266 g/mol. The predicted molar refractivity (Wildman–Crippen MR) is 78.7 cm³/mol. The van der Waals surface area contributed by atoms with Crippen molar-refractivity contribution in [3.63, 3.8) is 0 Å². The zero-order valence-corrected chi connectivity index (χ0v) is 12.6. The van der Waals surface area contributed by atoms with Gasteiger partial charge in [-0.25, -0.2) is 0 Å². The van der Waals surface area contributed by atoms with E-state index in [1.807, 2.05) is 0 Å². The number of hydrogen-bond donors (Lipinski definition) is 2. The second kappa shape index (κ2) is 5.82. The van der Waals surface area contributed by atoms with Crippen LogP contribution < -0.4 is 11.1 Å². The van der Waals surface area contributed by atoms with Gasteiger partial charge in [0.2, 0.25) is 5.91 Å². The van der Waals surface area contributed by atoms with Gasteiger partial charge in [-0.2, -0.15) is 0 Å². The number of amides is 1. The summed E-state index contributed by atoms with van der Waals surface area (Å²) >= 11 is 0. The lowest BCUT2D eigenvalue weighted by atomic mass is 9.70. The summed E-state index contributed by atoms with van der Waals surface area (Å²) in [4.78, 5) is 12.5.